The highest BCUT2D eigenvalue weighted by Crippen LogP contribution is 2.24. The zero-order valence-electron chi connectivity index (χ0n) is 20.1. The Morgan fingerprint density at radius 1 is 0.838 bits per heavy atom. The van der Waals surface area contributed by atoms with Gasteiger partial charge in [-0.05, 0) is 41.8 Å². The van der Waals surface area contributed by atoms with Crippen molar-refractivity contribution in [3.05, 3.63) is 142 Å². The SMILES string of the molecule is C[C@@H](NC(=O)c1ccccc1NC(=O)/C(=C/c1cccc([N+](=O)[O-])c1)c1ccccc1)c1ccccc1. The van der Waals surface area contributed by atoms with E-state index < -0.39 is 10.8 Å². The van der Waals surface area contributed by atoms with E-state index in [9.17, 15) is 19.7 Å². The van der Waals surface area contributed by atoms with E-state index in [1.54, 1.807) is 66.7 Å². The molecule has 4 rings (SSSR count). The minimum Gasteiger partial charge on any atom is -0.345 e. The second kappa shape index (κ2) is 11.6. The molecule has 0 bridgehead atoms. The molecule has 0 unspecified atom stereocenters. The first kappa shape index (κ1) is 25.1. The second-order valence-electron chi connectivity index (χ2n) is 8.38. The molecule has 2 amide bonds. The molecule has 0 heterocycles. The number of hydrogen-bond donors (Lipinski definition) is 2. The molecule has 37 heavy (non-hydrogen) atoms. The number of nitro groups is 1. The minimum atomic E-state index is -0.481. The molecule has 7 heteroatoms. The average Bonchev–Trinajstić information content (AvgIpc) is 2.93. The van der Waals surface area contributed by atoms with Crippen LogP contribution in [0.25, 0.3) is 11.6 Å². The third-order valence-electron chi connectivity index (χ3n) is 5.79. The molecule has 4 aromatic carbocycles. The summed E-state index contributed by atoms with van der Waals surface area (Å²) in [6.07, 6.45) is 1.60. The third kappa shape index (κ3) is 6.35. The molecule has 2 N–H and O–H groups in total. The van der Waals surface area contributed by atoms with Crippen LogP contribution in [-0.4, -0.2) is 16.7 Å². The molecule has 0 aliphatic carbocycles. The lowest BCUT2D eigenvalue weighted by atomic mass is 10.0. The molecule has 0 fully saturated rings. The van der Waals surface area contributed by atoms with Gasteiger partial charge in [0.1, 0.15) is 0 Å². The molecule has 7 nitrogen and oxygen atoms in total. The highest BCUT2D eigenvalue weighted by molar-refractivity contribution is 6.29. The normalized spacial score (nSPS) is 11.9. The number of nitrogens with zero attached hydrogens (tertiary/aromatic N) is 1. The number of hydrogen-bond acceptors (Lipinski definition) is 4. The van der Waals surface area contributed by atoms with Crippen LogP contribution >= 0.6 is 0 Å². The lowest BCUT2D eigenvalue weighted by Crippen LogP contribution is -2.28. The van der Waals surface area contributed by atoms with Gasteiger partial charge in [-0.1, -0.05) is 84.9 Å². The fourth-order valence-electron chi connectivity index (χ4n) is 3.87. The molecular weight excluding hydrogens is 466 g/mol. The quantitative estimate of drug-likeness (QED) is 0.131. The second-order valence-corrected chi connectivity index (χ2v) is 8.38. The van der Waals surface area contributed by atoms with Crippen molar-refractivity contribution in [2.75, 3.05) is 5.32 Å². The Hall–Kier alpha value is -5.04. The van der Waals surface area contributed by atoms with Crippen molar-refractivity contribution < 1.29 is 14.5 Å². The van der Waals surface area contributed by atoms with E-state index in [2.05, 4.69) is 10.6 Å². The average molecular weight is 492 g/mol. The Morgan fingerprint density at radius 3 is 2.19 bits per heavy atom. The molecule has 0 saturated carbocycles. The highest BCUT2D eigenvalue weighted by atomic mass is 16.6. The molecule has 0 spiro atoms. The Balaban J connectivity index is 1.63. The van der Waals surface area contributed by atoms with Crippen LogP contribution in [0.1, 0.15) is 40.0 Å². The van der Waals surface area contributed by atoms with Crippen LogP contribution in [0.5, 0.6) is 0 Å². The van der Waals surface area contributed by atoms with Crippen LogP contribution in [0.4, 0.5) is 11.4 Å². The zero-order chi connectivity index (χ0) is 26.2. The van der Waals surface area contributed by atoms with Crippen LogP contribution in [0.3, 0.4) is 0 Å². The fraction of sp³-hybridized carbons (Fsp3) is 0.0667. The van der Waals surface area contributed by atoms with Crippen LogP contribution in [0.15, 0.2) is 109 Å². The molecule has 0 aromatic heterocycles. The number of carbonyl (C=O) groups is 2. The van der Waals surface area contributed by atoms with Crippen LogP contribution in [-0.2, 0) is 4.79 Å². The third-order valence-corrected chi connectivity index (χ3v) is 5.79. The first-order chi connectivity index (χ1) is 17.9. The molecule has 0 radical (unpaired) electrons. The van der Waals surface area contributed by atoms with E-state index in [0.717, 1.165) is 5.56 Å². The molecule has 0 saturated heterocycles. The number of rotatable bonds is 8. The summed E-state index contributed by atoms with van der Waals surface area (Å²) in [5, 5.41) is 17.1. The van der Waals surface area contributed by atoms with Gasteiger partial charge in [0.15, 0.2) is 0 Å². The Labute approximate surface area is 214 Å². The number of amides is 2. The summed E-state index contributed by atoms with van der Waals surface area (Å²) in [6, 6.07) is 31.2. The molecule has 0 aliphatic heterocycles. The molecule has 4 aromatic rings. The van der Waals surface area contributed by atoms with E-state index in [1.165, 1.54) is 12.1 Å². The van der Waals surface area contributed by atoms with Gasteiger partial charge in [0, 0.05) is 17.7 Å². The fourth-order valence-corrected chi connectivity index (χ4v) is 3.87. The molecule has 1 atom stereocenters. The van der Waals surface area contributed by atoms with Crippen LogP contribution in [0.2, 0.25) is 0 Å². The summed E-state index contributed by atoms with van der Waals surface area (Å²) in [4.78, 5) is 37.4. The topological polar surface area (TPSA) is 101 Å². The number of anilines is 1. The number of non-ortho nitro benzene ring substituents is 1. The number of para-hydroxylation sites is 1. The Morgan fingerprint density at radius 2 is 1.49 bits per heavy atom. The van der Waals surface area contributed by atoms with Gasteiger partial charge in [-0.25, -0.2) is 0 Å². The first-order valence-electron chi connectivity index (χ1n) is 11.7. The Bertz CT molecular complexity index is 1450. The van der Waals surface area contributed by atoms with Gasteiger partial charge in [0.25, 0.3) is 17.5 Å². The summed E-state index contributed by atoms with van der Waals surface area (Å²) in [6.45, 7) is 1.89. The number of benzene rings is 4. The van der Waals surface area contributed by atoms with Crippen molar-refractivity contribution in [3.63, 3.8) is 0 Å². The van der Waals surface area contributed by atoms with Gasteiger partial charge >= 0.3 is 0 Å². The molecule has 184 valence electrons. The standard InChI is InChI=1S/C30H25N3O4/c1-21(23-12-4-2-5-13-23)31-29(34)26-17-8-9-18-28(26)32-30(35)27(24-14-6-3-7-15-24)20-22-11-10-16-25(19-22)33(36)37/h2-21H,1H3,(H,31,34)(H,32,35)/b27-20+/t21-/m1/s1. The van der Waals surface area contributed by atoms with Crippen molar-refractivity contribution >= 4 is 34.8 Å². The van der Waals surface area contributed by atoms with Gasteiger partial charge < -0.3 is 10.6 Å². The maximum absolute atomic E-state index is 13.5. The van der Waals surface area contributed by atoms with Gasteiger partial charge in [0.2, 0.25) is 0 Å². The van der Waals surface area contributed by atoms with E-state index in [1.807, 2.05) is 43.3 Å². The summed E-state index contributed by atoms with van der Waals surface area (Å²) in [7, 11) is 0. The summed E-state index contributed by atoms with van der Waals surface area (Å²) >= 11 is 0. The molecular formula is C30H25N3O4. The smallest absolute Gasteiger partial charge is 0.270 e. The molecule has 0 aliphatic rings. The summed E-state index contributed by atoms with van der Waals surface area (Å²) < 4.78 is 0. The number of nitrogens with one attached hydrogen (secondary N) is 2. The minimum absolute atomic E-state index is 0.0730. The predicted octanol–water partition coefficient (Wildman–Crippen LogP) is 6.27. The van der Waals surface area contributed by atoms with E-state index in [-0.39, 0.29) is 17.6 Å². The largest absolute Gasteiger partial charge is 0.345 e. The Kier molecular flexibility index (Phi) is 7.85. The maximum Gasteiger partial charge on any atom is 0.270 e. The number of nitro benzene ring substituents is 1. The van der Waals surface area contributed by atoms with Gasteiger partial charge in [-0.15, -0.1) is 0 Å². The van der Waals surface area contributed by atoms with E-state index in [4.69, 9.17) is 0 Å². The monoisotopic (exact) mass is 491 g/mol. The number of carbonyl (C=O) groups excluding carboxylic acids is 2. The van der Waals surface area contributed by atoms with Crippen LogP contribution in [0, 0.1) is 10.1 Å². The van der Waals surface area contributed by atoms with Gasteiger partial charge in [-0.3, -0.25) is 19.7 Å². The summed E-state index contributed by atoms with van der Waals surface area (Å²) in [5.74, 6) is -0.773. The predicted molar refractivity (Wildman–Crippen MR) is 145 cm³/mol. The van der Waals surface area contributed by atoms with Crippen molar-refractivity contribution in [1.29, 1.82) is 0 Å². The zero-order valence-corrected chi connectivity index (χ0v) is 20.1. The van der Waals surface area contributed by atoms with Crippen molar-refractivity contribution in [2.45, 2.75) is 13.0 Å². The van der Waals surface area contributed by atoms with Crippen molar-refractivity contribution in [2.24, 2.45) is 0 Å². The first-order valence-corrected chi connectivity index (χ1v) is 11.7. The van der Waals surface area contributed by atoms with Crippen molar-refractivity contribution in [1.82, 2.24) is 5.32 Å². The van der Waals surface area contributed by atoms with Gasteiger partial charge in [-0.2, -0.15) is 0 Å². The maximum atomic E-state index is 13.5. The lowest BCUT2D eigenvalue weighted by Gasteiger charge is -2.17. The lowest BCUT2D eigenvalue weighted by molar-refractivity contribution is -0.384. The van der Waals surface area contributed by atoms with E-state index in [0.29, 0.717) is 28.0 Å². The van der Waals surface area contributed by atoms with Crippen LogP contribution < -0.4 is 10.6 Å². The van der Waals surface area contributed by atoms with Gasteiger partial charge in [0.05, 0.1) is 22.2 Å². The van der Waals surface area contributed by atoms with Crippen molar-refractivity contribution in [3.8, 4) is 0 Å². The highest BCUT2D eigenvalue weighted by Gasteiger charge is 2.19. The van der Waals surface area contributed by atoms with E-state index >= 15 is 0 Å². The summed E-state index contributed by atoms with van der Waals surface area (Å²) in [5.41, 5.74) is 3.00.